The second-order valence-corrected chi connectivity index (χ2v) is 4.35. The number of rotatable bonds is 7. The Morgan fingerprint density at radius 3 is 2.62 bits per heavy atom. The summed E-state index contributed by atoms with van der Waals surface area (Å²) in [4.78, 5) is 1.52. The summed E-state index contributed by atoms with van der Waals surface area (Å²) in [5, 5.41) is 15.7. The highest BCUT2D eigenvalue weighted by Gasteiger charge is 2.17. The van der Waals surface area contributed by atoms with Gasteiger partial charge in [0.2, 0.25) is 0 Å². The molecule has 0 aliphatic heterocycles. The van der Waals surface area contributed by atoms with Crippen molar-refractivity contribution in [3.63, 3.8) is 0 Å². The molecule has 0 amide bonds. The van der Waals surface area contributed by atoms with E-state index in [9.17, 15) is 0 Å². The van der Waals surface area contributed by atoms with Crippen LogP contribution < -0.4 is 5.32 Å². The van der Waals surface area contributed by atoms with Crippen molar-refractivity contribution in [2.75, 3.05) is 6.54 Å². The predicted octanol–water partition coefficient (Wildman–Crippen LogP) is 1.17. The lowest BCUT2D eigenvalue weighted by Gasteiger charge is -2.22. The van der Waals surface area contributed by atoms with Gasteiger partial charge < -0.3 is 5.32 Å². The monoisotopic (exact) mass is 225 g/mol. The van der Waals surface area contributed by atoms with Gasteiger partial charge in [0, 0.05) is 12.5 Å². The lowest BCUT2D eigenvalue weighted by molar-refractivity contribution is 0.359. The van der Waals surface area contributed by atoms with Crippen LogP contribution in [-0.2, 0) is 13.5 Å². The fourth-order valence-electron chi connectivity index (χ4n) is 1.91. The van der Waals surface area contributed by atoms with Crippen molar-refractivity contribution in [2.24, 2.45) is 13.0 Å². The maximum atomic E-state index is 4.21. The first-order valence-electron chi connectivity index (χ1n) is 6.13. The largest absolute Gasteiger partial charge is 0.314 e. The average molecular weight is 225 g/mol. The van der Waals surface area contributed by atoms with Gasteiger partial charge in [0.1, 0.15) is 0 Å². The first-order chi connectivity index (χ1) is 7.67. The molecule has 92 valence electrons. The minimum Gasteiger partial charge on any atom is -0.314 e. The van der Waals surface area contributed by atoms with Crippen LogP contribution in [0.15, 0.2) is 0 Å². The minimum atomic E-state index is 0.542. The molecule has 16 heavy (non-hydrogen) atoms. The molecule has 5 nitrogen and oxygen atoms in total. The van der Waals surface area contributed by atoms with E-state index in [4.69, 9.17) is 0 Å². The van der Waals surface area contributed by atoms with E-state index in [-0.39, 0.29) is 0 Å². The van der Waals surface area contributed by atoms with Crippen molar-refractivity contribution in [1.82, 2.24) is 25.5 Å². The zero-order valence-corrected chi connectivity index (χ0v) is 10.8. The molecule has 0 saturated heterocycles. The van der Waals surface area contributed by atoms with Crippen LogP contribution in [-0.4, -0.2) is 32.8 Å². The molecule has 0 aliphatic carbocycles. The minimum absolute atomic E-state index is 0.542. The second-order valence-electron chi connectivity index (χ2n) is 4.35. The van der Waals surface area contributed by atoms with E-state index in [2.05, 4.69) is 41.5 Å². The third-order valence-electron chi connectivity index (χ3n) is 2.84. The summed E-state index contributed by atoms with van der Waals surface area (Å²) in [6.07, 6.45) is 3.21. The molecule has 5 heteroatoms. The highest BCUT2D eigenvalue weighted by Crippen LogP contribution is 2.11. The van der Waals surface area contributed by atoms with Crippen molar-refractivity contribution in [3.05, 3.63) is 5.82 Å². The van der Waals surface area contributed by atoms with Crippen molar-refractivity contribution >= 4 is 0 Å². The summed E-state index contributed by atoms with van der Waals surface area (Å²) < 4.78 is 0. The van der Waals surface area contributed by atoms with Gasteiger partial charge in [-0.3, -0.25) is 0 Å². The quantitative estimate of drug-likeness (QED) is 0.756. The molecule has 0 spiro atoms. The first kappa shape index (κ1) is 13.1. The maximum Gasteiger partial charge on any atom is 0.175 e. The average Bonchev–Trinajstić information content (AvgIpc) is 2.65. The summed E-state index contributed by atoms with van der Waals surface area (Å²) >= 11 is 0. The molecule has 2 atom stereocenters. The van der Waals surface area contributed by atoms with Gasteiger partial charge in [-0.1, -0.05) is 20.8 Å². The van der Waals surface area contributed by atoms with Gasteiger partial charge >= 0.3 is 0 Å². The van der Waals surface area contributed by atoms with Gasteiger partial charge in [-0.15, -0.1) is 10.2 Å². The number of hydrogen-bond acceptors (Lipinski definition) is 4. The fraction of sp³-hybridized carbons (Fsp3) is 0.909. The number of aromatic nitrogens is 4. The Bertz CT molecular complexity index is 296. The standard InChI is InChI=1S/C11H23N5/c1-5-7-12-10(6-2)9(3)8-11-13-15-16(4)14-11/h9-10,12H,5-8H2,1-4H3. The van der Waals surface area contributed by atoms with E-state index < -0.39 is 0 Å². The fourth-order valence-corrected chi connectivity index (χ4v) is 1.91. The number of nitrogens with one attached hydrogen (secondary N) is 1. The molecule has 1 N–H and O–H groups in total. The zero-order chi connectivity index (χ0) is 12.0. The van der Waals surface area contributed by atoms with E-state index >= 15 is 0 Å². The molecule has 1 rings (SSSR count). The highest BCUT2D eigenvalue weighted by molar-refractivity contribution is 4.84. The van der Waals surface area contributed by atoms with Crippen LogP contribution in [0.4, 0.5) is 0 Å². The number of nitrogens with zero attached hydrogens (tertiary/aromatic N) is 4. The van der Waals surface area contributed by atoms with Crippen LogP contribution in [0.3, 0.4) is 0 Å². The Labute approximate surface area is 97.6 Å². The number of hydrogen-bond donors (Lipinski definition) is 1. The van der Waals surface area contributed by atoms with E-state index in [1.807, 2.05) is 0 Å². The number of aryl methyl sites for hydroxylation is 1. The van der Waals surface area contributed by atoms with Gasteiger partial charge in [0.25, 0.3) is 0 Å². The molecule has 1 aromatic heterocycles. The summed E-state index contributed by atoms with van der Waals surface area (Å²) in [5.74, 6) is 1.38. The Morgan fingerprint density at radius 2 is 2.12 bits per heavy atom. The molecule has 0 aromatic carbocycles. The predicted molar refractivity (Wildman–Crippen MR) is 64.0 cm³/mol. The van der Waals surface area contributed by atoms with Crippen molar-refractivity contribution in [3.8, 4) is 0 Å². The van der Waals surface area contributed by atoms with Gasteiger partial charge in [-0.25, -0.2) is 0 Å². The Balaban J connectivity index is 2.45. The van der Waals surface area contributed by atoms with E-state index in [1.165, 1.54) is 11.2 Å². The van der Waals surface area contributed by atoms with Crippen molar-refractivity contribution in [2.45, 2.75) is 46.1 Å². The van der Waals surface area contributed by atoms with Crippen molar-refractivity contribution < 1.29 is 0 Å². The van der Waals surface area contributed by atoms with E-state index in [1.54, 1.807) is 7.05 Å². The zero-order valence-electron chi connectivity index (χ0n) is 10.8. The van der Waals surface area contributed by atoms with E-state index in [0.29, 0.717) is 12.0 Å². The van der Waals surface area contributed by atoms with Crippen LogP contribution in [0.25, 0.3) is 0 Å². The van der Waals surface area contributed by atoms with Crippen LogP contribution in [0.1, 0.15) is 39.4 Å². The smallest absolute Gasteiger partial charge is 0.175 e. The van der Waals surface area contributed by atoms with Crippen LogP contribution >= 0.6 is 0 Å². The Kier molecular flexibility index (Phi) is 5.38. The number of tetrazole rings is 1. The van der Waals surface area contributed by atoms with Crippen LogP contribution in [0.5, 0.6) is 0 Å². The molecule has 0 bridgehead atoms. The molecule has 0 aliphatic rings. The van der Waals surface area contributed by atoms with Gasteiger partial charge in [0.05, 0.1) is 7.05 Å². The lowest BCUT2D eigenvalue weighted by Crippen LogP contribution is -2.36. The molecule has 0 fully saturated rings. The summed E-state index contributed by atoms with van der Waals surface area (Å²) in [6, 6.07) is 0.545. The molecule has 0 saturated carbocycles. The van der Waals surface area contributed by atoms with Gasteiger partial charge in [0.15, 0.2) is 5.82 Å². The normalized spacial score (nSPS) is 15.0. The molecular weight excluding hydrogens is 202 g/mol. The van der Waals surface area contributed by atoms with Crippen LogP contribution in [0, 0.1) is 5.92 Å². The van der Waals surface area contributed by atoms with Crippen molar-refractivity contribution in [1.29, 1.82) is 0 Å². The summed E-state index contributed by atoms with van der Waals surface area (Å²) in [7, 11) is 1.80. The van der Waals surface area contributed by atoms with Crippen LogP contribution in [0.2, 0.25) is 0 Å². The molecular formula is C11H23N5. The summed E-state index contributed by atoms with van der Waals surface area (Å²) in [5.41, 5.74) is 0. The third-order valence-corrected chi connectivity index (χ3v) is 2.84. The maximum absolute atomic E-state index is 4.21. The SMILES string of the molecule is CCCNC(CC)C(C)Cc1nnn(C)n1. The van der Waals surface area contributed by atoms with Gasteiger partial charge in [-0.05, 0) is 30.5 Å². The van der Waals surface area contributed by atoms with Gasteiger partial charge in [-0.2, -0.15) is 4.80 Å². The summed E-state index contributed by atoms with van der Waals surface area (Å²) in [6.45, 7) is 7.73. The molecule has 0 radical (unpaired) electrons. The lowest BCUT2D eigenvalue weighted by atomic mass is 9.96. The Morgan fingerprint density at radius 1 is 1.38 bits per heavy atom. The molecule has 1 aromatic rings. The first-order valence-corrected chi connectivity index (χ1v) is 6.13. The van der Waals surface area contributed by atoms with E-state index in [0.717, 1.165) is 25.2 Å². The highest BCUT2D eigenvalue weighted by atomic mass is 15.6. The molecule has 1 heterocycles. The molecule has 2 unspecified atom stereocenters. The Hall–Kier alpha value is -0.970. The third kappa shape index (κ3) is 3.89. The second kappa shape index (κ2) is 6.58. The topological polar surface area (TPSA) is 55.6 Å².